The van der Waals surface area contributed by atoms with Gasteiger partial charge in [-0.15, -0.1) is 0 Å². The van der Waals surface area contributed by atoms with E-state index in [2.05, 4.69) is 0 Å². The maximum atomic E-state index is 14.0. The first-order chi connectivity index (χ1) is 19.0. The zero-order valence-corrected chi connectivity index (χ0v) is 23.7. The molecule has 2 amide bonds. The molecule has 1 aromatic heterocycles. The summed E-state index contributed by atoms with van der Waals surface area (Å²) in [7, 11) is 0. The molecule has 0 saturated carbocycles. The number of piperidine rings is 1. The molecular formula is C27H20Cl3F2N3O4S. The molecule has 1 saturated heterocycles. The average molecular weight is 627 g/mol. The molecule has 2 aliphatic heterocycles. The number of rotatable bonds is 6. The number of hydrogen-bond donors (Lipinski definition) is 1. The average Bonchev–Trinajstić information content (AvgIpc) is 3.32. The Balaban J connectivity index is 1.53. The van der Waals surface area contributed by atoms with Crippen LogP contribution in [0.25, 0.3) is 0 Å². The molecule has 1 fully saturated rings. The van der Waals surface area contributed by atoms with E-state index in [1.807, 2.05) is 4.98 Å². The number of nitrogens with zero attached hydrogens (tertiary/aromatic N) is 2. The highest BCUT2D eigenvalue weighted by atomic mass is 35.5. The van der Waals surface area contributed by atoms with Crippen molar-refractivity contribution in [2.45, 2.75) is 47.5 Å². The van der Waals surface area contributed by atoms with Crippen LogP contribution >= 0.6 is 46.6 Å². The van der Waals surface area contributed by atoms with Crippen molar-refractivity contribution >= 4 is 70.4 Å². The summed E-state index contributed by atoms with van der Waals surface area (Å²) in [6, 6.07) is 8.95. The van der Waals surface area contributed by atoms with E-state index in [1.165, 1.54) is 17.0 Å². The highest BCUT2D eigenvalue weighted by Gasteiger charge is 2.35. The normalized spacial score (nSPS) is 15.4. The van der Waals surface area contributed by atoms with Crippen LogP contribution in [0.1, 0.15) is 56.8 Å². The summed E-state index contributed by atoms with van der Waals surface area (Å²) in [4.78, 5) is 56.3. The van der Waals surface area contributed by atoms with Crippen molar-refractivity contribution in [3.8, 4) is 0 Å². The van der Waals surface area contributed by atoms with Gasteiger partial charge in [0.1, 0.15) is 11.3 Å². The number of anilines is 1. The Labute approximate surface area is 246 Å². The van der Waals surface area contributed by atoms with Gasteiger partial charge in [-0.2, -0.15) is 8.78 Å². The van der Waals surface area contributed by atoms with Crippen molar-refractivity contribution in [2.24, 2.45) is 0 Å². The van der Waals surface area contributed by atoms with Gasteiger partial charge in [-0.25, -0.2) is 0 Å². The van der Waals surface area contributed by atoms with Crippen LogP contribution in [0.3, 0.4) is 0 Å². The Morgan fingerprint density at radius 3 is 2.35 bits per heavy atom. The Morgan fingerprint density at radius 2 is 1.73 bits per heavy atom. The smallest absolute Gasteiger partial charge is 0.330 e. The molecular weight excluding hydrogens is 607 g/mol. The van der Waals surface area contributed by atoms with Crippen molar-refractivity contribution < 1.29 is 23.2 Å². The zero-order chi connectivity index (χ0) is 28.8. The predicted octanol–water partition coefficient (Wildman–Crippen LogP) is 6.61. The van der Waals surface area contributed by atoms with Gasteiger partial charge in [0, 0.05) is 41.4 Å². The molecule has 0 bridgehead atoms. The van der Waals surface area contributed by atoms with Gasteiger partial charge in [-0.1, -0.05) is 41.0 Å². The molecule has 0 atom stereocenters. The van der Waals surface area contributed by atoms with Crippen LogP contribution in [0.5, 0.6) is 0 Å². The van der Waals surface area contributed by atoms with E-state index in [0.717, 1.165) is 30.7 Å². The van der Waals surface area contributed by atoms with Crippen LogP contribution in [0, 0.1) is 0 Å². The Morgan fingerprint density at radius 1 is 1.05 bits per heavy atom. The van der Waals surface area contributed by atoms with Gasteiger partial charge in [0.05, 0.1) is 15.7 Å². The lowest BCUT2D eigenvalue weighted by Gasteiger charge is -2.28. The molecule has 5 rings (SSSR count). The van der Waals surface area contributed by atoms with Crippen molar-refractivity contribution in [3.63, 3.8) is 0 Å². The Bertz CT molecular complexity index is 1590. The van der Waals surface area contributed by atoms with E-state index in [9.17, 15) is 28.0 Å². The molecule has 40 heavy (non-hydrogen) atoms. The third kappa shape index (κ3) is 5.50. The molecule has 3 aromatic rings. The number of fused-ring (bicyclic) bond motifs is 1. The zero-order valence-electron chi connectivity index (χ0n) is 20.6. The number of amides is 2. The third-order valence-corrected chi connectivity index (χ3v) is 8.99. The van der Waals surface area contributed by atoms with Crippen LogP contribution in [0.15, 0.2) is 51.0 Å². The summed E-state index contributed by atoms with van der Waals surface area (Å²) in [6.45, 7) is 0.623. The lowest BCUT2D eigenvalue weighted by Crippen LogP contribution is -2.36. The summed E-state index contributed by atoms with van der Waals surface area (Å²) in [5, 5.41) is -3.51. The monoisotopic (exact) mass is 625 g/mol. The van der Waals surface area contributed by atoms with Crippen molar-refractivity contribution in [1.82, 2.24) is 9.88 Å². The van der Waals surface area contributed by atoms with Gasteiger partial charge in [0.25, 0.3) is 11.5 Å². The Hall–Kier alpha value is -2.92. The molecule has 7 nitrogen and oxygen atoms in total. The topological polar surface area (TPSA) is 90.6 Å². The van der Waals surface area contributed by atoms with E-state index in [0.29, 0.717) is 41.6 Å². The number of aromatic nitrogens is 1. The molecule has 2 aliphatic rings. The second-order valence-corrected chi connectivity index (χ2v) is 11.7. The molecule has 0 spiro atoms. The fourth-order valence-corrected chi connectivity index (χ4v) is 6.55. The second kappa shape index (κ2) is 11.2. The van der Waals surface area contributed by atoms with E-state index < -0.39 is 22.5 Å². The number of carbonyl (C=O) groups excluding carboxylic acids is 3. The first-order valence-electron chi connectivity index (χ1n) is 12.1. The summed E-state index contributed by atoms with van der Waals surface area (Å²) in [5.74, 6) is -0.807. The first kappa shape index (κ1) is 28.6. The van der Waals surface area contributed by atoms with Crippen molar-refractivity contribution in [2.75, 3.05) is 11.4 Å². The molecule has 0 radical (unpaired) electrons. The first-order valence-corrected chi connectivity index (χ1v) is 14.1. The fourth-order valence-electron chi connectivity index (χ4n) is 4.81. The standard InChI is InChI=1S/C27H20Cl3F2N3O4S/c28-17-4-3-5-18(29)24(17)40-20-10-21(27(30,31)32)33-25(38)23(20)26(39)34-11-14-8-16(13-36)19(9-15(14)12-34)35-7-2-1-6-22(35)37/h3-5,8-10,13H,1-2,6-7,11-12H2,(H,33,38). The number of alkyl halides is 3. The molecule has 0 aliphatic carbocycles. The second-order valence-electron chi connectivity index (χ2n) is 9.36. The van der Waals surface area contributed by atoms with Gasteiger partial charge in [-0.3, -0.25) is 19.2 Å². The maximum Gasteiger partial charge on any atom is 0.362 e. The third-order valence-electron chi connectivity index (χ3n) is 6.75. The van der Waals surface area contributed by atoms with Gasteiger partial charge in [0.2, 0.25) is 5.91 Å². The quantitative estimate of drug-likeness (QED) is 0.246. The maximum absolute atomic E-state index is 14.0. The van der Waals surface area contributed by atoms with E-state index in [4.69, 9.17) is 34.8 Å². The van der Waals surface area contributed by atoms with Gasteiger partial charge < -0.3 is 14.8 Å². The number of aromatic amines is 1. The van der Waals surface area contributed by atoms with Crippen LogP contribution in [0.2, 0.25) is 10.0 Å². The minimum atomic E-state index is -3.91. The number of aldehydes is 1. The number of H-pyrrole nitrogens is 1. The minimum Gasteiger partial charge on any atom is -0.330 e. The number of hydrogen-bond acceptors (Lipinski definition) is 5. The van der Waals surface area contributed by atoms with Gasteiger partial charge >= 0.3 is 5.38 Å². The largest absolute Gasteiger partial charge is 0.362 e. The highest BCUT2D eigenvalue weighted by molar-refractivity contribution is 7.99. The van der Waals surface area contributed by atoms with Gasteiger partial charge in [-0.05, 0) is 65.9 Å². The minimum absolute atomic E-state index is 0.0625. The molecule has 2 aromatic carbocycles. The Kier molecular flexibility index (Phi) is 7.98. The van der Waals surface area contributed by atoms with Crippen molar-refractivity contribution in [1.29, 1.82) is 0 Å². The molecule has 208 valence electrons. The van der Waals surface area contributed by atoms with Crippen LogP contribution in [-0.4, -0.2) is 34.5 Å². The summed E-state index contributed by atoms with van der Waals surface area (Å²) < 4.78 is 28.0. The number of halogens is 5. The highest BCUT2D eigenvalue weighted by Crippen LogP contribution is 2.42. The summed E-state index contributed by atoms with van der Waals surface area (Å²) >= 11 is 18.5. The van der Waals surface area contributed by atoms with Crippen molar-refractivity contribution in [3.05, 3.63) is 84.7 Å². The molecule has 1 N–H and O–H groups in total. The molecule has 13 heteroatoms. The number of nitrogens with one attached hydrogen (secondary N) is 1. The SMILES string of the molecule is O=Cc1cc2c(cc1N1CCCCC1=O)CN(C(=O)c1c(Sc3c(Cl)cccc3Cl)cc(C(F)(F)Cl)[nH]c1=O)C2. The number of pyridine rings is 1. The summed E-state index contributed by atoms with van der Waals surface area (Å²) in [6.07, 6.45) is 2.64. The van der Waals surface area contributed by atoms with Crippen LogP contribution in [0.4, 0.5) is 14.5 Å². The predicted molar refractivity (Wildman–Crippen MR) is 149 cm³/mol. The fraction of sp³-hybridized carbons (Fsp3) is 0.259. The van der Waals surface area contributed by atoms with E-state index in [1.54, 1.807) is 23.1 Å². The molecule has 3 heterocycles. The van der Waals surface area contributed by atoms with E-state index in [-0.39, 0.29) is 44.4 Å². The lowest BCUT2D eigenvalue weighted by molar-refractivity contribution is -0.119. The number of carbonyl (C=O) groups is 3. The molecule has 0 unspecified atom stereocenters. The number of benzene rings is 2. The van der Waals surface area contributed by atoms with Gasteiger partial charge in [0.15, 0.2) is 6.29 Å². The lowest BCUT2D eigenvalue weighted by atomic mass is 10.0. The van der Waals surface area contributed by atoms with E-state index >= 15 is 0 Å². The summed E-state index contributed by atoms with van der Waals surface area (Å²) in [5.41, 5.74) is -0.164. The van der Waals surface area contributed by atoms with Crippen LogP contribution in [-0.2, 0) is 23.3 Å². The van der Waals surface area contributed by atoms with Crippen LogP contribution < -0.4 is 10.5 Å².